The van der Waals surface area contributed by atoms with Gasteiger partial charge in [-0.3, -0.25) is 4.79 Å². The normalized spacial score (nSPS) is 12.1. The van der Waals surface area contributed by atoms with Gasteiger partial charge in [0.2, 0.25) is 0 Å². The molecule has 0 heterocycles. The van der Waals surface area contributed by atoms with Crippen LogP contribution in [0, 0.1) is 11.3 Å². The summed E-state index contributed by atoms with van der Waals surface area (Å²) in [5.41, 5.74) is 10.9. The molecule has 0 saturated heterocycles. The summed E-state index contributed by atoms with van der Waals surface area (Å²) in [6.45, 7) is 7.02. The van der Waals surface area contributed by atoms with Gasteiger partial charge in [-0.2, -0.15) is 0 Å². The average Bonchev–Trinajstić information content (AvgIpc) is 2.35. The summed E-state index contributed by atoms with van der Waals surface area (Å²) in [6.07, 6.45) is 8.52. The second-order valence-electron chi connectivity index (χ2n) is 5.93. The number of carbonyl (C=O) groups excluding carboxylic acids is 1. The Balaban J connectivity index is 3.95. The van der Waals surface area contributed by atoms with Crippen molar-refractivity contribution in [2.45, 2.75) is 65.7 Å². The summed E-state index contributed by atoms with van der Waals surface area (Å²) in [5.74, 6) is 0.0705. The Morgan fingerprint density at radius 1 is 1.00 bits per heavy atom. The summed E-state index contributed by atoms with van der Waals surface area (Å²) < 4.78 is 0. The van der Waals surface area contributed by atoms with Crippen LogP contribution >= 0.6 is 0 Å². The fourth-order valence-electron chi connectivity index (χ4n) is 2.33. The van der Waals surface area contributed by atoms with Crippen LogP contribution in [-0.4, -0.2) is 18.9 Å². The molecular weight excluding hydrogens is 224 g/mol. The first-order valence-corrected chi connectivity index (χ1v) is 7.44. The molecule has 0 aliphatic heterocycles. The molecule has 108 valence electrons. The van der Waals surface area contributed by atoms with Gasteiger partial charge < -0.3 is 11.5 Å². The lowest BCUT2D eigenvalue weighted by Gasteiger charge is -2.27. The topological polar surface area (TPSA) is 69.1 Å². The fraction of sp³-hybridized carbons (Fsp3) is 0.933. The molecule has 3 nitrogen and oxygen atoms in total. The van der Waals surface area contributed by atoms with Crippen molar-refractivity contribution in [3.63, 3.8) is 0 Å². The van der Waals surface area contributed by atoms with Gasteiger partial charge in [-0.15, -0.1) is 0 Å². The number of nitrogens with two attached hydrogens (primary N) is 2. The molecule has 0 bridgehead atoms. The molecular formula is C15H32N2O. The zero-order valence-electron chi connectivity index (χ0n) is 12.5. The second-order valence-corrected chi connectivity index (χ2v) is 5.93. The molecule has 0 radical (unpaired) electrons. The summed E-state index contributed by atoms with van der Waals surface area (Å²) in [7, 11) is 0. The van der Waals surface area contributed by atoms with Gasteiger partial charge in [0.25, 0.3) is 0 Å². The number of ketones is 1. The predicted molar refractivity (Wildman–Crippen MR) is 78.4 cm³/mol. The molecule has 0 aromatic carbocycles. The summed E-state index contributed by atoms with van der Waals surface area (Å²) in [5, 5.41) is 0. The van der Waals surface area contributed by atoms with Crippen molar-refractivity contribution >= 4 is 5.78 Å². The molecule has 0 aliphatic carbocycles. The number of unbranched alkanes of at least 4 members (excludes halogenated alkanes) is 5. The highest BCUT2D eigenvalue weighted by molar-refractivity contribution is 5.86. The molecule has 0 rings (SSSR count). The molecule has 0 amide bonds. The van der Waals surface area contributed by atoms with Crippen LogP contribution in [0.5, 0.6) is 0 Å². The third-order valence-corrected chi connectivity index (χ3v) is 3.76. The Morgan fingerprint density at radius 3 is 2.00 bits per heavy atom. The van der Waals surface area contributed by atoms with Gasteiger partial charge in [-0.25, -0.2) is 0 Å². The van der Waals surface area contributed by atoms with Crippen LogP contribution in [-0.2, 0) is 4.79 Å². The Morgan fingerprint density at radius 2 is 1.50 bits per heavy atom. The highest BCUT2D eigenvalue weighted by Crippen LogP contribution is 2.28. The highest BCUT2D eigenvalue weighted by Gasteiger charge is 2.31. The van der Waals surface area contributed by atoms with E-state index in [0.29, 0.717) is 13.1 Å². The minimum Gasteiger partial charge on any atom is -0.330 e. The quantitative estimate of drug-likeness (QED) is 0.558. The number of Topliss-reactive ketones (excluding diaryl/α,β-unsaturated/α-hetero) is 1. The van der Waals surface area contributed by atoms with Gasteiger partial charge in [-0.05, 0) is 6.42 Å². The number of hydrogen-bond donors (Lipinski definition) is 2. The first kappa shape index (κ1) is 17.6. The van der Waals surface area contributed by atoms with Crippen molar-refractivity contribution < 1.29 is 4.79 Å². The van der Waals surface area contributed by atoms with E-state index in [1.807, 2.05) is 13.8 Å². The van der Waals surface area contributed by atoms with Crippen molar-refractivity contribution in [1.82, 2.24) is 0 Å². The van der Waals surface area contributed by atoms with Crippen LogP contribution in [0.4, 0.5) is 0 Å². The Labute approximate surface area is 113 Å². The lowest BCUT2D eigenvalue weighted by atomic mass is 9.77. The van der Waals surface area contributed by atoms with E-state index < -0.39 is 0 Å². The maximum absolute atomic E-state index is 12.2. The van der Waals surface area contributed by atoms with Gasteiger partial charge >= 0.3 is 0 Å². The molecule has 0 atom stereocenters. The van der Waals surface area contributed by atoms with Crippen LogP contribution < -0.4 is 11.5 Å². The van der Waals surface area contributed by atoms with Crippen LogP contribution in [0.15, 0.2) is 0 Å². The Hall–Kier alpha value is -0.410. The molecule has 0 aromatic heterocycles. The summed E-state index contributed by atoms with van der Waals surface area (Å²) in [6, 6.07) is 0. The van der Waals surface area contributed by atoms with E-state index in [-0.39, 0.29) is 17.1 Å². The predicted octanol–water partition coefficient (Wildman–Crippen LogP) is 2.87. The molecule has 18 heavy (non-hydrogen) atoms. The number of carbonyl (C=O) groups is 1. The van der Waals surface area contributed by atoms with Crippen molar-refractivity contribution in [3.05, 3.63) is 0 Å². The standard InChI is InChI=1S/C15H32N2O/c1-4-5-6-7-8-9-10-15(2,3)14(18)13(11-16)12-17/h13H,4-12,16-17H2,1-3H3. The van der Waals surface area contributed by atoms with Crippen molar-refractivity contribution in [3.8, 4) is 0 Å². The van der Waals surface area contributed by atoms with Gasteiger partial charge in [0.05, 0.1) is 0 Å². The van der Waals surface area contributed by atoms with Crippen molar-refractivity contribution in [2.24, 2.45) is 22.8 Å². The van der Waals surface area contributed by atoms with E-state index >= 15 is 0 Å². The second kappa shape index (κ2) is 9.51. The maximum Gasteiger partial charge on any atom is 0.144 e. The third-order valence-electron chi connectivity index (χ3n) is 3.76. The van der Waals surface area contributed by atoms with Gasteiger partial charge in [-0.1, -0.05) is 59.3 Å². The van der Waals surface area contributed by atoms with E-state index in [2.05, 4.69) is 6.92 Å². The van der Waals surface area contributed by atoms with E-state index in [9.17, 15) is 4.79 Å². The largest absolute Gasteiger partial charge is 0.330 e. The Bertz CT molecular complexity index is 223. The molecule has 0 aliphatic rings. The lowest BCUT2D eigenvalue weighted by molar-refractivity contribution is -0.131. The SMILES string of the molecule is CCCCCCCCC(C)(C)C(=O)C(CN)CN. The van der Waals surface area contributed by atoms with Crippen molar-refractivity contribution in [1.29, 1.82) is 0 Å². The molecule has 4 N–H and O–H groups in total. The van der Waals surface area contributed by atoms with E-state index in [1.54, 1.807) is 0 Å². The number of hydrogen-bond acceptors (Lipinski definition) is 3. The molecule has 0 fully saturated rings. The first-order valence-electron chi connectivity index (χ1n) is 7.44. The highest BCUT2D eigenvalue weighted by atomic mass is 16.1. The smallest absolute Gasteiger partial charge is 0.144 e. The molecule has 3 heteroatoms. The van der Waals surface area contributed by atoms with Gasteiger partial charge in [0.1, 0.15) is 5.78 Å². The summed E-state index contributed by atoms with van der Waals surface area (Å²) in [4.78, 5) is 12.2. The average molecular weight is 256 g/mol. The maximum atomic E-state index is 12.2. The van der Waals surface area contributed by atoms with Crippen LogP contribution in [0.25, 0.3) is 0 Å². The molecule has 0 spiro atoms. The minimum absolute atomic E-state index is 0.167. The van der Waals surface area contributed by atoms with Gasteiger partial charge in [0.15, 0.2) is 0 Å². The minimum atomic E-state index is -0.270. The zero-order valence-corrected chi connectivity index (χ0v) is 12.5. The molecule has 0 unspecified atom stereocenters. The first-order chi connectivity index (χ1) is 8.49. The van der Waals surface area contributed by atoms with Crippen LogP contribution in [0.2, 0.25) is 0 Å². The Kier molecular flexibility index (Phi) is 9.29. The molecule has 0 aromatic rings. The van der Waals surface area contributed by atoms with Gasteiger partial charge in [0, 0.05) is 24.4 Å². The van der Waals surface area contributed by atoms with E-state index in [0.717, 1.165) is 12.8 Å². The summed E-state index contributed by atoms with van der Waals surface area (Å²) >= 11 is 0. The van der Waals surface area contributed by atoms with Crippen LogP contribution in [0.1, 0.15) is 65.7 Å². The zero-order chi connectivity index (χ0) is 14.0. The van der Waals surface area contributed by atoms with Crippen LogP contribution in [0.3, 0.4) is 0 Å². The lowest BCUT2D eigenvalue weighted by Crippen LogP contribution is -2.39. The monoisotopic (exact) mass is 256 g/mol. The van der Waals surface area contributed by atoms with Crippen molar-refractivity contribution in [2.75, 3.05) is 13.1 Å². The van der Waals surface area contributed by atoms with E-state index in [4.69, 9.17) is 11.5 Å². The number of rotatable bonds is 11. The molecule has 0 saturated carbocycles. The van der Waals surface area contributed by atoms with E-state index in [1.165, 1.54) is 32.1 Å². The third kappa shape index (κ3) is 6.50. The fourth-order valence-corrected chi connectivity index (χ4v) is 2.33.